The van der Waals surface area contributed by atoms with Crippen molar-refractivity contribution in [1.29, 1.82) is 0 Å². The Labute approximate surface area is 283 Å². The SMILES string of the molecule is [2H]C([2H])([2H])c1cc2oc3c[c-]c(-c4cc(C([2H])([2H])C(C)(C)C)ccn4)c4oc(n1)c2c34.[Ir].[c-]1ccccc1-c1cc(-c2ccccc2)ccn1. The number of benzene rings is 3. The van der Waals surface area contributed by atoms with Crippen molar-refractivity contribution in [3.8, 4) is 33.6 Å². The average molecular weight is 771 g/mol. The van der Waals surface area contributed by atoms with Crippen LogP contribution in [0.3, 0.4) is 0 Å². The average Bonchev–Trinajstić information content (AvgIpc) is 3.68. The molecule has 0 saturated heterocycles. The summed E-state index contributed by atoms with van der Waals surface area (Å²) in [6, 6.07) is 35.1. The molecule has 225 valence electrons. The second-order valence-electron chi connectivity index (χ2n) is 11.5. The minimum atomic E-state index is -2.39. The third kappa shape index (κ3) is 6.30. The van der Waals surface area contributed by atoms with Gasteiger partial charge < -0.3 is 18.8 Å². The van der Waals surface area contributed by atoms with Crippen molar-refractivity contribution in [1.82, 2.24) is 15.0 Å². The molecule has 8 rings (SSSR count). The molecule has 0 aliphatic carbocycles. The molecule has 0 fully saturated rings. The number of rotatable bonds is 4. The minimum Gasteiger partial charge on any atom is -0.500 e. The van der Waals surface area contributed by atoms with Gasteiger partial charge in [-0.1, -0.05) is 74.4 Å². The molecule has 8 aromatic rings. The van der Waals surface area contributed by atoms with Gasteiger partial charge in [-0.05, 0) is 58.7 Å². The van der Waals surface area contributed by atoms with E-state index in [2.05, 4.69) is 45.3 Å². The fourth-order valence-electron chi connectivity index (χ4n) is 5.24. The fraction of sp³-hybridized carbons (Fsp3) is 0.154. The molecule has 0 aliphatic rings. The van der Waals surface area contributed by atoms with Crippen LogP contribution in [0, 0.1) is 24.4 Å². The molecule has 1 radical (unpaired) electrons. The van der Waals surface area contributed by atoms with Crippen molar-refractivity contribution in [2.45, 2.75) is 34.0 Å². The Bertz CT molecular complexity index is 2340. The van der Waals surface area contributed by atoms with E-state index < -0.39 is 18.6 Å². The van der Waals surface area contributed by atoms with Crippen LogP contribution in [0.1, 0.15) is 38.9 Å². The fourth-order valence-corrected chi connectivity index (χ4v) is 5.24. The van der Waals surface area contributed by atoms with Crippen LogP contribution in [-0.2, 0) is 26.5 Å². The third-order valence-corrected chi connectivity index (χ3v) is 7.05. The molecule has 0 spiro atoms. The number of nitrogens with zero attached hydrogens (tertiary/aromatic N) is 3. The predicted octanol–water partition coefficient (Wildman–Crippen LogP) is 10.1. The molecule has 5 heterocycles. The van der Waals surface area contributed by atoms with Gasteiger partial charge in [0.25, 0.3) is 0 Å². The van der Waals surface area contributed by atoms with E-state index in [-0.39, 0.29) is 31.5 Å². The van der Waals surface area contributed by atoms with Gasteiger partial charge in [-0.15, -0.1) is 48.0 Å². The van der Waals surface area contributed by atoms with E-state index in [1.807, 2.05) is 75.5 Å². The number of pyridine rings is 3. The van der Waals surface area contributed by atoms with Gasteiger partial charge in [-0.25, -0.2) is 4.98 Å². The molecule has 0 N–H and O–H groups in total. The normalized spacial score (nSPS) is 13.7. The molecule has 0 saturated carbocycles. The maximum Gasteiger partial charge on any atom is 0.220 e. The first-order valence-corrected chi connectivity index (χ1v) is 14.3. The van der Waals surface area contributed by atoms with E-state index in [4.69, 9.17) is 15.7 Å². The van der Waals surface area contributed by atoms with E-state index >= 15 is 0 Å². The van der Waals surface area contributed by atoms with Crippen molar-refractivity contribution < 1.29 is 35.8 Å². The summed E-state index contributed by atoms with van der Waals surface area (Å²) in [6.07, 6.45) is 1.83. The zero-order chi connectivity index (χ0) is 34.6. The van der Waals surface area contributed by atoms with Gasteiger partial charge in [0.05, 0.1) is 16.6 Å². The Kier molecular flexibility index (Phi) is 6.79. The van der Waals surface area contributed by atoms with Crippen LogP contribution in [0.2, 0.25) is 0 Å². The summed E-state index contributed by atoms with van der Waals surface area (Å²) in [6.45, 7) is 3.15. The Morgan fingerprint density at radius 3 is 2.38 bits per heavy atom. The van der Waals surface area contributed by atoms with Crippen LogP contribution in [0.25, 0.3) is 66.9 Å². The van der Waals surface area contributed by atoms with Gasteiger partial charge in [0, 0.05) is 51.1 Å². The summed E-state index contributed by atoms with van der Waals surface area (Å²) in [5.41, 5.74) is 6.70. The van der Waals surface area contributed by atoms with E-state index in [0.29, 0.717) is 44.3 Å². The standard InChI is InChI=1S/C22H19N2O2.C17H12N.Ir/c1-12-9-17-19-18-16(25-17)6-5-14(20(18)26-21(19)24-12)15-10-13(7-8-23-15)11-22(2,3)4;1-3-7-14(8-4-1)16-11-12-18-17(13-16)15-9-5-2-6-10-15;/h6-10H,11H2,1-4H3;1-9,11-13H;/q2*-1;/i1D3,11D2;;. The van der Waals surface area contributed by atoms with Crippen LogP contribution in [0.15, 0.2) is 112 Å². The Morgan fingerprint density at radius 1 is 0.800 bits per heavy atom. The molecule has 0 atom stereocenters. The number of hydrogen-bond donors (Lipinski definition) is 0. The molecule has 5 aromatic heterocycles. The Hall–Kier alpha value is -4.64. The zero-order valence-corrected chi connectivity index (χ0v) is 27.2. The largest absolute Gasteiger partial charge is 0.500 e. The summed E-state index contributed by atoms with van der Waals surface area (Å²) in [5.74, 6) is 0. The first-order chi connectivity index (χ1) is 23.3. The summed E-state index contributed by atoms with van der Waals surface area (Å²) >= 11 is 0. The number of furan rings is 2. The maximum absolute atomic E-state index is 8.58. The molecule has 0 aliphatic heterocycles. The van der Waals surface area contributed by atoms with Crippen LogP contribution in [0.5, 0.6) is 0 Å². The molecule has 5 nitrogen and oxygen atoms in total. The molecular weight excluding hydrogens is 735 g/mol. The van der Waals surface area contributed by atoms with Gasteiger partial charge in [-0.3, -0.25) is 0 Å². The summed E-state index contributed by atoms with van der Waals surface area (Å²) < 4.78 is 51.9. The first kappa shape index (κ1) is 24.7. The van der Waals surface area contributed by atoms with E-state index in [1.165, 1.54) is 17.2 Å². The molecule has 0 bridgehead atoms. The van der Waals surface area contributed by atoms with Crippen molar-refractivity contribution in [3.63, 3.8) is 0 Å². The summed E-state index contributed by atoms with van der Waals surface area (Å²) in [4.78, 5) is 13.0. The van der Waals surface area contributed by atoms with Gasteiger partial charge in [-0.2, -0.15) is 0 Å². The van der Waals surface area contributed by atoms with Gasteiger partial charge in [0.15, 0.2) is 0 Å². The van der Waals surface area contributed by atoms with Gasteiger partial charge in [0.2, 0.25) is 5.71 Å². The second kappa shape index (κ2) is 12.4. The first-order valence-electron chi connectivity index (χ1n) is 16.8. The van der Waals surface area contributed by atoms with E-state index in [0.717, 1.165) is 11.3 Å². The molecular formula is C39H31IrN3O2-2. The number of aromatic nitrogens is 3. The number of hydrogen-bond acceptors (Lipinski definition) is 5. The number of aryl methyl sites for hydroxylation is 1. The molecule has 0 unspecified atom stereocenters. The topological polar surface area (TPSA) is 65.0 Å². The van der Waals surface area contributed by atoms with Gasteiger partial charge in [0.1, 0.15) is 5.58 Å². The van der Waals surface area contributed by atoms with Gasteiger partial charge >= 0.3 is 0 Å². The maximum atomic E-state index is 8.58. The quantitative estimate of drug-likeness (QED) is 0.167. The minimum absolute atomic E-state index is 0. The summed E-state index contributed by atoms with van der Waals surface area (Å²) in [7, 11) is 0. The van der Waals surface area contributed by atoms with Crippen LogP contribution < -0.4 is 0 Å². The molecule has 6 heteroatoms. The third-order valence-electron chi connectivity index (χ3n) is 7.05. The molecule has 0 amide bonds. The zero-order valence-electron chi connectivity index (χ0n) is 29.8. The van der Waals surface area contributed by atoms with E-state index in [1.54, 1.807) is 24.4 Å². The van der Waals surface area contributed by atoms with Crippen molar-refractivity contribution >= 4 is 33.2 Å². The molecule has 45 heavy (non-hydrogen) atoms. The smallest absolute Gasteiger partial charge is 0.220 e. The second-order valence-corrected chi connectivity index (χ2v) is 11.5. The monoisotopic (exact) mass is 771 g/mol. The van der Waals surface area contributed by atoms with E-state index in [9.17, 15) is 0 Å². The van der Waals surface area contributed by atoms with Crippen molar-refractivity contribution in [3.05, 3.63) is 127 Å². The van der Waals surface area contributed by atoms with Crippen LogP contribution in [-0.4, -0.2) is 15.0 Å². The van der Waals surface area contributed by atoms with Crippen molar-refractivity contribution in [2.24, 2.45) is 5.41 Å². The predicted molar refractivity (Wildman–Crippen MR) is 176 cm³/mol. The van der Waals surface area contributed by atoms with Crippen LogP contribution in [0.4, 0.5) is 0 Å². The summed E-state index contributed by atoms with van der Waals surface area (Å²) in [5, 5.41) is 1.31. The Morgan fingerprint density at radius 2 is 1.60 bits per heavy atom. The van der Waals surface area contributed by atoms with Crippen LogP contribution >= 0.6 is 0 Å². The Balaban J connectivity index is 0.000000194. The molecule has 3 aromatic carbocycles. The van der Waals surface area contributed by atoms with Crippen molar-refractivity contribution in [2.75, 3.05) is 0 Å².